The van der Waals surface area contributed by atoms with Gasteiger partial charge in [-0.15, -0.1) is 0 Å². The van der Waals surface area contributed by atoms with Crippen molar-refractivity contribution >= 4 is 39.1 Å². The Labute approximate surface area is 171 Å². The summed E-state index contributed by atoms with van der Waals surface area (Å²) in [6.07, 6.45) is 7.97. The number of benzene rings is 1. The predicted octanol–water partition coefficient (Wildman–Crippen LogP) is 4.23. The van der Waals surface area contributed by atoms with Gasteiger partial charge in [0.05, 0.1) is 5.02 Å². The molecule has 2 fully saturated rings. The van der Waals surface area contributed by atoms with E-state index in [0.717, 1.165) is 12.8 Å². The number of amides is 1. The molecular weight excluding hydrogens is 407 g/mol. The molecule has 1 heterocycles. The van der Waals surface area contributed by atoms with E-state index in [1.165, 1.54) is 42.1 Å². The molecule has 8 heteroatoms. The number of carbonyl (C=O) groups excluding carboxylic acids is 1. The number of piperidine rings is 1. The van der Waals surface area contributed by atoms with E-state index in [4.69, 9.17) is 23.2 Å². The van der Waals surface area contributed by atoms with Gasteiger partial charge in [-0.2, -0.15) is 4.31 Å². The quantitative estimate of drug-likeness (QED) is 0.723. The maximum absolute atomic E-state index is 12.9. The first-order valence-electron chi connectivity index (χ1n) is 9.63. The van der Waals surface area contributed by atoms with Gasteiger partial charge in [-0.05, 0) is 43.9 Å². The maximum atomic E-state index is 12.9. The molecule has 0 radical (unpaired) electrons. The van der Waals surface area contributed by atoms with Crippen LogP contribution in [0.1, 0.15) is 51.4 Å². The number of hydrogen-bond acceptors (Lipinski definition) is 3. The van der Waals surface area contributed by atoms with E-state index in [-0.39, 0.29) is 27.8 Å². The van der Waals surface area contributed by atoms with Crippen LogP contribution in [0.5, 0.6) is 0 Å². The summed E-state index contributed by atoms with van der Waals surface area (Å²) in [6, 6.07) is 4.70. The zero-order valence-electron chi connectivity index (χ0n) is 15.3. The van der Waals surface area contributed by atoms with Crippen LogP contribution in [0.25, 0.3) is 0 Å². The van der Waals surface area contributed by atoms with E-state index >= 15 is 0 Å². The van der Waals surface area contributed by atoms with Crippen LogP contribution in [0.2, 0.25) is 10.0 Å². The van der Waals surface area contributed by atoms with Crippen molar-refractivity contribution in [2.24, 2.45) is 5.92 Å². The zero-order chi connectivity index (χ0) is 19.4. The van der Waals surface area contributed by atoms with Crippen LogP contribution in [0.4, 0.5) is 0 Å². The van der Waals surface area contributed by atoms with Crippen molar-refractivity contribution in [3.05, 3.63) is 28.2 Å². The van der Waals surface area contributed by atoms with Crippen molar-refractivity contribution in [1.82, 2.24) is 9.62 Å². The Morgan fingerprint density at radius 1 is 1.00 bits per heavy atom. The minimum atomic E-state index is -3.71. The predicted molar refractivity (Wildman–Crippen MR) is 108 cm³/mol. The molecule has 3 rings (SSSR count). The third kappa shape index (κ3) is 5.17. The summed E-state index contributed by atoms with van der Waals surface area (Å²) in [5, 5.41) is 3.67. The Balaban J connectivity index is 1.59. The summed E-state index contributed by atoms with van der Waals surface area (Å²) in [6.45, 7) is 0.627. The number of hydrogen-bond donors (Lipinski definition) is 1. The zero-order valence-corrected chi connectivity index (χ0v) is 17.6. The standard InChI is InChI=1S/C19H26Cl2N2O3S/c20-15-7-8-17(21)18(13-15)27(25,26)23-11-9-14(10-12-23)19(24)22-16-5-3-1-2-4-6-16/h7-8,13-14,16H,1-6,9-12H2,(H,22,24). The monoisotopic (exact) mass is 432 g/mol. The molecule has 150 valence electrons. The number of nitrogens with zero attached hydrogens (tertiary/aromatic N) is 1. The van der Waals surface area contributed by atoms with Crippen LogP contribution in [-0.4, -0.2) is 37.8 Å². The molecule has 1 aromatic carbocycles. The second kappa shape index (κ2) is 9.12. The molecule has 0 atom stereocenters. The molecule has 1 saturated heterocycles. The van der Waals surface area contributed by atoms with E-state index in [1.54, 1.807) is 6.07 Å². The van der Waals surface area contributed by atoms with Gasteiger partial charge in [-0.3, -0.25) is 4.79 Å². The molecule has 0 spiro atoms. The molecule has 1 N–H and O–H groups in total. The lowest BCUT2D eigenvalue weighted by molar-refractivity contribution is -0.126. The number of carbonyl (C=O) groups is 1. The van der Waals surface area contributed by atoms with E-state index in [9.17, 15) is 13.2 Å². The van der Waals surface area contributed by atoms with Gasteiger partial charge in [0.25, 0.3) is 0 Å². The van der Waals surface area contributed by atoms with Crippen LogP contribution in [0, 0.1) is 5.92 Å². The average Bonchev–Trinajstić information content (AvgIpc) is 2.92. The highest BCUT2D eigenvalue weighted by atomic mass is 35.5. The SMILES string of the molecule is O=C(NC1CCCCCC1)C1CCN(S(=O)(=O)c2cc(Cl)ccc2Cl)CC1. The smallest absolute Gasteiger partial charge is 0.244 e. The second-order valence-electron chi connectivity index (χ2n) is 7.45. The summed E-state index contributed by atoms with van der Waals surface area (Å²) in [5.41, 5.74) is 0. The minimum absolute atomic E-state index is 0.0259. The van der Waals surface area contributed by atoms with Crippen LogP contribution < -0.4 is 5.32 Å². The highest BCUT2D eigenvalue weighted by molar-refractivity contribution is 7.89. The highest BCUT2D eigenvalue weighted by Gasteiger charge is 2.33. The first-order chi connectivity index (χ1) is 12.9. The van der Waals surface area contributed by atoms with Crippen molar-refractivity contribution < 1.29 is 13.2 Å². The fourth-order valence-corrected chi connectivity index (χ4v) is 6.12. The molecule has 0 aromatic heterocycles. The number of rotatable bonds is 4. The van der Waals surface area contributed by atoms with Crippen LogP contribution in [-0.2, 0) is 14.8 Å². The van der Waals surface area contributed by atoms with Crippen molar-refractivity contribution in [2.45, 2.75) is 62.3 Å². The van der Waals surface area contributed by atoms with E-state index in [2.05, 4.69) is 5.32 Å². The average molecular weight is 433 g/mol. The third-order valence-electron chi connectivity index (χ3n) is 5.54. The molecule has 1 saturated carbocycles. The molecule has 0 bridgehead atoms. The van der Waals surface area contributed by atoms with Crippen LogP contribution >= 0.6 is 23.2 Å². The van der Waals surface area contributed by atoms with Gasteiger partial charge in [0.1, 0.15) is 4.90 Å². The van der Waals surface area contributed by atoms with Crippen molar-refractivity contribution in [3.63, 3.8) is 0 Å². The third-order valence-corrected chi connectivity index (χ3v) is 8.15. The first-order valence-corrected chi connectivity index (χ1v) is 11.8. The van der Waals surface area contributed by atoms with Crippen LogP contribution in [0.3, 0.4) is 0 Å². The Kier molecular flexibility index (Phi) is 7.06. The summed E-state index contributed by atoms with van der Waals surface area (Å²) >= 11 is 12.0. The van der Waals surface area contributed by atoms with Gasteiger partial charge in [-0.25, -0.2) is 8.42 Å². The number of sulfonamides is 1. The normalized spacial score (nSPS) is 21.0. The Morgan fingerprint density at radius 3 is 2.26 bits per heavy atom. The Morgan fingerprint density at radius 2 is 1.63 bits per heavy atom. The lowest BCUT2D eigenvalue weighted by Crippen LogP contribution is -2.45. The maximum Gasteiger partial charge on any atom is 0.244 e. The molecule has 1 aromatic rings. The summed E-state index contributed by atoms with van der Waals surface area (Å²) in [4.78, 5) is 12.6. The second-order valence-corrected chi connectivity index (χ2v) is 10.2. The van der Waals surface area contributed by atoms with Crippen LogP contribution in [0.15, 0.2) is 23.1 Å². The van der Waals surface area contributed by atoms with Crippen molar-refractivity contribution in [2.75, 3.05) is 13.1 Å². The Bertz CT molecular complexity index is 769. The number of nitrogens with one attached hydrogen (secondary N) is 1. The van der Waals surface area contributed by atoms with Gasteiger partial charge in [0, 0.05) is 30.1 Å². The molecule has 1 amide bonds. The minimum Gasteiger partial charge on any atom is -0.353 e. The molecule has 2 aliphatic rings. The van der Waals surface area contributed by atoms with Gasteiger partial charge in [0.15, 0.2) is 0 Å². The van der Waals surface area contributed by atoms with E-state index in [1.807, 2.05) is 0 Å². The molecular formula is C19H26Cl2N2O3S. The molecule has 27 heavy (non-hydrogen) atoms. The number of halogens is 2. The lowest BCUT2D eigenvalue weighted by atomic mass is 9.96. The fraction of sp³-hybridized carbons (Fsp3) is 0.632. The molecule has 1 aliphatic heterocycles. The van der Waals surface area contributed by atoms with Crippen molar-refractivity contribution in [1.29, 1.82) is 0 Å². The largest absolute Gasteiger partial charge is 0.353 e. The van der Waals surface area contributed by atoms with Gasteiger partial charge in [0.2, 0.25) is 15.9 Å². The topological polar surface area (TPSA) is 66.5 Å². The first kappa shape index (κ1) is 20.9. The van der Waals surface area contributed by atoms with Gasteiger partial charge < -0.3 is 5.32 Å². The van der Waals surface area contributed by atoms with E-state index < -0.39 is 10.0 Å². The van der Waals surface area contributed by atoms with E-state index in [0.29, 0.717) is 31.0 Å². The van der Waals surface area contributed by atoms with Gasteiger partial charge >= 0.3 is 0 Å². The highest BCUT2D eigenvalue weighted by Crippen LogP contribution is 2.30. The lowest BCUT2D eigenvalue weighted by Gasteiger charge is -2.31. The molecule has 5 nitrogen and oxygen atoms in total. The Hall–Kier alpha value is -0.820. The molecule has 1 aliphatic carbocycles. The van der Waals surface area contributed by atoms with Crippen molar-refractivity contribution in [3.8, 4) is 0 Å². The summed E-state index contributed by atoms with van der Waals surface area (Å²) in [5.74, 6) is -0.0609. The van der Waals surface area contributed by atoms with Gasteiger partial charge in [-0.1, -0.05) is 48.9 Å². The summed E-state index contributed by atoms with van der Waals surface area (Å²) < 4.78 is 27.2. The molecule has 0 unspecified atom stereocenters. The fourth-order valence-electron chi connectivity index (χ4n) is 3.92. The summed E-state index contributed by atoms with van der Waals surface area (Å²) in [7, 11) is -3.71.